The van der Waals surface area contributed by atoms with E-state index in [0.29, 0.717) is 0 Å². The highest BCUT2D eigenvalue weighted by molar-refractivity contribution is 7.22. The lowest BCUT2D eigenvalue weighted by molar-refractivity contribution is 0.248. The summed E-state index contributed by atoms with van der Waals surface area (Å²) in [6.07, 6.45) is 2.91. The van der Waals surface area contributed by atoms with Gasteiger partial charge in [0.25, 0.3) is 0 Å². The molecule has 1 saturated carbocycles. The molecular weight excluding hydrogens is 254 g/mol. The maximum absolute atomic E-state index is 4.76. The van der Waals surface area contributed by atoms with Crippen molar-refractivity contribution in [2.24, 2.45) is 5.92 Å². The molecule has 2 aromatic rings. The van der Waals surface area contributed by atoms with Crippen molar-refractivity contribution in [3.63, 3.8) is 0 Å². The molecule has 0 atom stereocenters. The van der Waals surface area contributed by atoms with Crippen LogP contribution in [0.25, 0.3) is 10.2 Å². The summed E-state index contributed by atoms with van der Waals surface area (Å²) < 4.78 is 1.30. The molecule has 4 heteroatoms. The predicted molar refractivity (Wildman–Crippen MR) is 81.0 cm³/mol. The van der Waals surface area contributed by atoms with Crippen molar-refractivity contribution < 1.29 is 0 Å². The molecule has 19 heavy (non-hydrogen) atoms. The van der Waals surface area contributed by atoms with E-state index in [1.165, 1.54) is 42.3 Å². The molecular formula is C15H19N3S. The Balaban J connectivity index is 1.45. The van der Waals surface area contributed by atoms with Crippen LogP contribution in [-0.4, -0.2) is 42.6 Å². The van der Waals surface area contributed by atoms with Crippen LogP contribution in [-0.2, 0) is 0 Å². The number of rotatable bonds is 3. The number of fused-ring (bicyclic) bond motifs is 1. The van der Waals surface area contributed by atoms with Gasteiger partial charge in [0.2, 0.25) is 0 Å². The molecule has 0 radical (unpaired) electrons. The Hall–Kier alpha value is -1.13. The first-order valence-corrected chi connectivity index (χ1v) is 8.03. The van der Waals surface area contributed by atoms with Crippen LogP contribution in [0.2, 0.25) is 0 Å². The summed E-state index contributed by atoms with van der Waals surface area (Å²) in [5.74, 6) is 1.01. The molecule has 1 aromatic heterocycles. The fraction of sp³-hybridized carbons (Fsp3) is 0.533. The van der Waals surface area contributed by atoms with Crippen molar-refractivity contribution in [3.05, 3.63) is 24.3 Å². The molecule has 1 aliphatic carbocycles. The molecule has 0 amide bonds. The van der Waals surface area contributed by atoms with Crippen molar-refractivity contribution in [1.82, 2.24) is 9.88 Å². The van der Waals surface area contributed by atoms with Crippen LogP contribution in [0.5, 0.6) is 0 Å². The highest BCUT2D eigenvalue weighted by Gasteiger charge is 2.27. The van der Waals surface area contributed by atoms with Gasteiger partial charge in [-0.1, -0.05) is 23.5 Å². The van der Waals surface area contributed by atoms with Gasteiger partial charge in [-0.05, 0) is 30.9 Å². The molecule has 2 fully saturated rings. The minimum Gasteiger partial charge on any atom is -0.345 e. The van der Waals surface area contributed by atoms with E-state index in [-0.39, 0.29) is 0 Å². The van der Waals surface area contributed by atoms with Crippen LogP contribution in [0.4, 0.5) is 5.13 Å². The minimum absolute atomic E-state index is 1.01. The highest BCUT2D eigenvalue weighted by atomic mass is 32.1. The second kappa shape index (κ2) is 4.76. The Kier molecular flexibility index (Phi) is 2.93. The number of anilines is 1. The summed E-state index contributed by atoms with van der Waals surface area (Å²) in [5.41, 5.74) is 1.14. The van der Waals surface area contributed by atoms with Crippen molar-refractivity contribution in [2.75, 3.05) is 37.6 Å². The number of thiazole rings is 1. The lowest BCUT2D eigenvalue weighted by Crippen LogP contribution is -2.46. The quantitative estimate of drug-likeness (QED) is 0.857. The number of benzene rings is 1. The second-order valence-corrected chi connectivity index (χ2v) is 6.70. The van der Waals surface area contributed by atoms with Gasteiger partial charge >= 0.3 is 0 Å². The van der Waals surface area contributed by atoms with E-state index in [4.69, 9.17) is 4.98 Å². The molecule has 1 aliphatic heterocycles. The Morgan fingerprint density at radius 2 is 1.89 bits per heavy atom. The van der Waals surface area contributed by atoms with Crippen LogP contribution >= 0.6 is 11.3 Å². The zero-order valence-corrected chi connectivity index (χ0v) is 11.9. The molecule has 1 saturated heterocycles. The maximum Gasteiger partial charge on any atom is 0.186 e. The Morgan fingerprint density at radius 3 is 2.63 bits per heavy atom. The van der Waals surface area contributed by atoms with E-state index in [9.17, 15) is 0 Å². The first-order chi connectivity index (χ1) is 9.38. The smallest absolute Gasteiger partial charge is 0.186 e. The van der Waals surface area contributed by atoms with Gasteiger partial charge in [0.05, 0.1) is 10.2 Å². The van der Waals surface area contributed by atoms with Crippen molar-refractivity contribution in [1.29, 1.82) is 0 Å². The van der Waals surface area contributed by atoms with Crippen LogP contribution in [0.15, 0.2) is 24.3 Å². The lowest BCUT2D eigenvalue weighted by Gasteiger charge is -2.34. The lowest BCUT2D eigenvalue weighted by atomic mass is 10.3. The van der Waals surface area contributed by atoms with Crippen molar-refractivity contribution in [3.8, 4) is 0 Å². The molecule has 0 N–H and O–H groups in total. The second-order valence-electron chi connectivity index (χ2n) is 5.70. The fourth-order valence-corrected chi connectivity index (χ4v) is 3.80. The monoisotopic (exact) mass is 273 g/mol. The number of para-hydroxylation sites is 1. The summed E-state index contributed by atoms with van der Waals surface area (Å²) in [5, 5.41) is 1.20. The molecule has 0 spiro atoms. The average Bonchev–Trinajstić information content (AvgIpc) is 3.15. The van der Waals surface area contributed by atoms with Gasteiger partial charge in [-0.3, -0.25) is 4.90 Å². The van der Waals surface area contributed by atoms with Gasteiger partial charge < -0.3 is 4.90 Å². The standard InChI is InChI=1S/C15H19N3S/c1-2-4-14-13(3-1)16-15(19-14)18-9-7-17(8-10-18)11-12-5-6-12/h1-4,12H,5-11H2. The van der Waals surface area contributed by atoms with Gasteiger partial charge in [0.15, 0.2) is 5.13 Å². The number of nitrogens with zero attached hydrogens (tertiary/aromatic N) is 3. The molecule has 0 bridgehead atoms. The first-order valence-electron chi connectivity index (χ1n) is 7.21. The summed E-state index contributed by atoms with van der Waals surface area (Å²) in [4.78, 5) is 9.84. The summed E-state index contributed by atoms with van der Waals surface area (Å²) in [7, 11) is 0. The zero-order chi connectivity index (χ0) is 12.7. The number of aromatic nitrogens is 1. The van der Waals surface area contributed by atoms with Crippen molar-refractivity contribution >= 4 is 26.7 Å². The van der Waals surface area contributed by atoms with Crippen LogP contribution in [0, 0.1) is 5.92 Å². The van der Waals surface area contributed by atoms with E-state index in [0.717, 1.165) is 24.5 Å². The van der Waals surface area contributed by atoms with Gasteiger partial charge in [0.1, 0.15) is 0 Å². The predicted octanol–water partition coefficient (Wildman–Crippen LogP) is 2.83. The maximum atomic E-state index is 4.76. The van der Waals surface area contributed by atoms with Gasteiger partial charge in [-0.15, -0.1) is 0 Å². The number of hydrogen-bond donors (Lipinski definition) is 0. The van der Waals surface area contributed by atoms with Crippen molar-refractivity contribution in [2.45, 2.75) is 12.8 Å². The summed E-state index contributed by atoms with van der Waals surface area (Å²) >= 11 is 1.83. The zero-order valence-electron chi connectivity index (χ0n) is 11.1. The third-order valence-electron chi connectivity index (χ3n) is 4.14. The molecule has 0 unspecified atom stereocenters. The molecule has 2 heterocycles. The van der Waals surface area contributed by atoms with E-state index >= 15 is 0 Å². The third-order valence-corrected chi connectivity index (χ3v) is 5.24. The average molecular weight is 273 g/mol. The summed E-state index contributed by atoms with van der Waals surface area (Å²) in [6, 6.07) is 8.44. The molecule has 100 valence electrons. The molecule has 1 aromatic carbocycles. The summed E-state index contributed by atoms with van der Waals surface area (Å²) in [6.45, 7) is 5.99. The van der Waals surface area contributed by atoms with E-state index in [1.807, 2.05) is 11.3 Å². The van der Waals surface area contributed by atoms with Gasteiger partial charge in [0, 0.05) is 32.7 Å². The Labute approximate surface area is 117 Å². The van der Waals surface area contributed by atoms with Gasteiger partial charge in [-0.25, -0.2) is 4.98 Å². The number of piperazine rings is 1. The SMILES string of the molecule is c1ccc2sc(N3CCN(CC4CC4)CC3)nc2c1. The van der Waals surface area contributed by atoms with Crippen LogP contribution < -0.4 is 4.90 Å². The van der Waals surface area contributed by atoms with E-state index in [2.05, 4.69) is 34.1 Å². The van der Waals surface area contributed by atoms with Crippen LogP contribution in [0.3, 0.4) is 0 Å². The molecule has 2 aliphatic rings. The molecule has 3 nitrogen and oxygen atoms in total. The van der Waals surface area contributed by atoms with Crippen LogP contribution in [0.1, 0.15) is 12.8 Å². The molecule has 4 rings (SSSR count). The Morgan fingerprint density at radius 1 is 1.11 bits per heavy atom. The topological polar surface area (TPSA) is 19.4 Å². The normalized spacial score (nSPS) is 21.2. The first kappa shape index (κ1) is 11.7. The van der Waals surface area contributed by atoms with Gasteiger partial charge in [-0.2, -0.15) is 0 Å². The third kappa shape index (κ3) is 2.47. The highest BCUT2D eigenvalue weighted by Crippen LogP contribution is 2.31. The Bertz CT molecular complexity index is 535. The largest absolute Gasteiger partial charge is 0.345 e. The number of hydrogen-bond acceptors (Lipinski definition) is 4. The fourth-order valence-electron chi connectivity index (χ4n) is 2.78. The minimum atomic E-state index is 1.01. The van der Waals surface area contributed by atoms with E-state index < -0.39 is 0 Å². The van der Waals surface area contributed by atoms with E-state index in [1.54, 1.807) is 0 Å².